The molecule has 1 fully saturated rings. The van der Waals surface area contributed by atoms with Crippen molar-refractivity contribution < 1.29 is 9.53 Å². The summed E-state index contributed by atoms with van der Waals surface area (Å²) in [6.07, 6.45) is 4.65. The molecule has 1 aliphatic heterocycles. The van der Waals surface area contributed by atoms with E-state index >= 15 is 0 Å². The molecule has 17 heavy (non-hydrogen) atoms. The molecule has 0 aromatic carbocycles. The van der Waals surface area contributed by atoms with Gasteiger partial charge in [-0.25, -0.2) is 0 Å². The maximum Gasteiger partial charge on any atom is 0.310 e. The summed E-state index contributed by atoms with van der Waals surface area (Å²) in [5, 5.41) is 0. The van der Waals surface area contributed by atoms with Crippen molar-refractivity contribution in [1.29, 1.82) is 0 Å². The van der Waals surface area contributed by atoms with Crippen molar-refractivity contribution in [2.24, 2.45) is 11.8 Å². The van der Waals surface area contributed by atoms with E-state index in [0.717, 1.165) is 38.4 Å². The van der Waals surface area contributed by atoms with E-state index in [2.05, 4.69) is 18.7 Å². The molecule has 0 amide bonds. The van der Waals surface area contributed by atoms with Crippen LogP contribution in [0.1, 0.15) is 46.5 Å². The molecule has 0 saturated carbocycles. The monoisotopic (exact) mass is 241 g/mol. The predicted molar refractivity (Wildman–Crippen MR) is 69.9 cm³/mol. The van der Waals surface area contributed by atoms with Crippen molar-refractivity contribution in [3.05, 3.63) is 0 Å². The average Bonchev–Trinajstić information content (AvgIpc) is 2.29. The third-order valence-corrected chi connectivity index (χ3v) is 3.38. The van der Waals surface area contributed by atoms with Gasteiger partial charge in [0.25, 0.3) is 0 Å². The third kappa shape index (κ3) is 5.53. The normalized spacial score (nSPS) is 21.8. The maximum absolute atomic E-state index is 11.7. The van der Waals surface area contributed by atoms with Crippen LogP contribution in [0.15, 0.2) is 0 Å². The Bertz CT molecular complexity index is 228. The van der Waals surface area contributed by atoms with E-state index in [-0.39, 0.29) is 11.9 Å². The van der Waals surface area contributed by atoms with Crippen molar-refractivity contribution in [2.75, 3.05) is 26.2 Å². The zero-order valence-electron chi connectivity index (χ0n) is 11.6. The van der Waals surface area contributed by atoms with Gasteiger partial charge in [-0.15, -0.1) is 0 Å². The number of piperidine rings is 1. The Hall–Kier alpha value is -0.570. The minimum absolute atomic E-state index is 0.000981. The summed E-state index contributed by atoms with van der Waals surface area (Å²) in [6.45, 7) is 10.1. The number of carbonyl (C=O) groups excluding carboxylic acids is 1. The fourth-order valence-corrected chi connectivity index (χ4v) is 2.43. The van der Waals surface area contributed by atoms with Gasteiger partial charge in [0.2, 0.25) is 0 Å². The molecule has 1 heterocycles. The molecule has 3 heteroatoms. The Morgan fingerprint density at radius 3 is 2.88 bits per heavy atom. The topological polar surface area (TPSA) is 29.5 Å². The lowest BCUT2D eigenvalue weighted by molar-refractivity contribution is -0.149. The molecule has 1 unspecified atom stereocenters. The Labute approximate surface area is 106 Å². The van der Waals surface area contributed by atoms with Gasteiger partial charge in [-0.2, -0.15) is 0 Å². The van der Waals surface area contributed by atoms with Gasteiger partial charge < -0.3 is 9.64 Å². The lowest BCUT2D eigenvalue weighted by Gasteiger charge is -2.31. The van der Waals surface area contributed by atoms with Crippen LogP contribution in [-0.2, 0) is 9.53 Å². The Balaban J connectivity index is 2.26. The van der Waals surface area contributed by atoms with Crippen LogP contribution in [0.3, 0.4) is 0 Å². The smallest absolute Gasteiger partial charge is 0.310 e. The SMILES string of the molecule is CCOC(=O)C1CCCN(CCCC(C)C)C1. The van der Waals surface area contributed by atoms with Crippen molar-refractivity contribution in [2.45, 2.75) is 46.5 Å². The van der Waals surface area contributed by atoms with E-state index in [4.69, 9.17) is 4.74 Å². The Morgan fingerprint density at radius 2 is 2.24 bits per heavy atom. The van der Waals surface area contributed by atoms with Crippen LogP contribution in [-0.4, -0.2) is 37.1 Å². The number of nitrogens with zero attached hydrogens (tertiary/aromatic N) is 1. The van der Waals surface area contributed by atoms with Crippen LogP contribution >= 0.6 is 0 Å². The molecule has 0 bridgehead atoms. The number of hydrogen-bond acceptors (Lipinski definition) is 3. The van der Waals surface area contributed by atoms with Gasteiger partial charge in [0.15, 0.2) is 0 Å². The molecule has 1 saturated heterocycles. The first kappa shape index (κ1) is 14.5. The largest absolute Gasteiger partial charge is 0.466 e. The second-order valence-electron chi connectivity index (χ2n) is 5.43. The third-order valence-electron chi connectivity index (χ3n) is 3.38. The van der Waals surface area contributed by atoms with Crippen LogP contribution in [0.4, 0.5) is 0 Å². The zero-order valence-corrected chi connectivity index (χ0v) is 11.6. The van der Waals surface area contributed by atoms with Gasteiger partial charge in [0.1, 0.15) is 0 Å². The highest BCUT2D eigenvalue weighted by Crippen LogP contribution is 2.18. The highest BCUT2D eigenvalue weighted by molar-refractivity contribution is 5.72. The first-order valence-electron chi connectivity index (χ1n) is 7.02. The number of likely N-dealkylation sites (tertiary alicyclic amines) is 1. The highest BCUT2D eigenvalue weighted by atomic mass is 16.5. The molecule has 0 N–H and O–H groups in total. The van der Waals surface area contributed by atoms with E-state index < -0.39 is 0 Å². The van der Waals surface area contributed by atoms with Crippen molar-refractivity contribution in [1.82, 2.24) is 4.90 Å². The summed E-state index contributed by atoms with van der Waals surface area (Å²) in [5.41, 5.74) is 0. The van der Waals surface area contributed by atoms with E-state index in [9.17, 15) is 4.79 Å². The number of hydrogen-bond donors (Lipinski definition) is 0. The summed E-state index contributed by atoms with van der Waals surface area (Å²) in [7, 11) is 0. The molecule has 0 radical (unpaired) electrons. The van der Waals surface area contributed by atoms with E-state index in [1.165, 1.54) is 12.8 Å². The molecule has 3 nitrogen and oxygen atoms in total. The maximum atomic E-state index is 11.7. The predicted octanol–water partition coefficient (Wildman–Crippen LogP) is 2.70. The summed E-state index contributed by atoms with van der Waals surface area (Å²) in [5.74, 6) is 0.893. The lowest BCUT2D eigenvalue weighted by atomic mass is 9.97. The van der Waals surface area contributed by atoms with Crippen LogP contribution in [0.2, 0.25) is 0 Å². The fourth-order valence-electron chi connectivity index (χ4n) is 2.43. The fraction of sp³-hybridized carbons (Fsp3) is 0.929. The van der Waals surface area contributed by atoms with Crippen molar-refractivity contribution in [3.63, 3.8) is 0 Å². The number of esters is 1. The molecule has 1 atom stereocenters. The molecule has 0 aliphatic carbocycles. The van der Waals surface area contributed by atoms with Gasteiger partial charge in [0, 0.05) is 6.54 Å². The molecule has 100 valence electrons. The molecule has 1 rings (SSSR count). The second-order valence-corrected chi connectivity index (χ2v) is 5.43. The standard InChI is InChI=1S/C14H27NO2/c1-4-17-14(16)13-8-6-10-15(11-13)9-5-7-12(2)3/h12-13H,4-11H2,1-3H3. The highest BCUT2D eigenvalue weighted by Gasteiger charge is 2.26. The Morgan fingerprint density at radius 1 is 1.47 bits per heavy atom. The quantitative estimate of drug-likeness (QED) is 0.670. The first-order valence-corrected chi connectivity index (χ1v) is 7.02. The minimum atomic E-state index is 0.000981. The second kappa shape index (κ2) is 7.70. The minimum Gasteiger partial charge on any atom is -0.466 e. The molecular formula is C14H27NO2. The zero-order chi connectivity index (χ0) is 12.7. The molecule has 0 spiro atoms. The molecular weight excluding hydrogens is 214 g/mol. The van der Waals surface area contributed by atoms with Crippen LogP contribution in [0, 0.1) is 11.8 Å². The van der Waals surface area contributed by atoms with Crippen LogP contribution in [0.25, 0.3) is 0 Å². The number of carbonyl (C=O) groups is 1. The molecule has 1 aliphatic rings. The van der Waals surface area contributed by atoms with Gasteiger partial charge in [0.05, 0.1) is 12.5 Å². The Kier molecular flexibility index (Phi) is 6.56. The van der Waals surface area contributed by atoms with E-state index in [1.807, 2.05) is 6.92 Å². The summed E-state index contributed by atoms with van der Waals surface area (Å²) < 4.78 is 5.11. The van der Waals surface area contributed by atoms with Crippen LogP contribution < -0.4 is 0 Å². The van der Waals surface area contributed by atoms with E-state index in [1.54, 1.807) is 0 Å². The van der Waals surface area contributed by atoms with Gasteiger partial charge in [-0.05, 0) is 51.6 Å². The van der Waals surface area contributed by atoms with Crippen LogP contribution in [0.5, 0.6) is 0 Å². The summed E-state index contributed by atoms with van der Waals surface area (Å²) >= 11 is 0. The van der Waals surface area contributed by atoms with Crippen molar-refractivity contribution in [3.8, 4) is 0 Å². The van der Waals surface area contributed by atoms with Gasteiger partial charge in [-0.1, -0.05) is 13.8 Å². The summed E-state index contributed by atoms with van der Waals surface area (Å²) in [6, 6.07) is 0. The van der Waals surface area contributed by atoms with Gasteiger partial charge >= 0.3 is 5.97 Å². The average molecular weight is 241 g/mol. The van der Waals surface area contributed by atoms with Gasteiger partial charge in [-0.3, -0.25) is 4.79 Å². The molecule has 0 aromatic rings. The lowest BCUT2D eigenvalue weighted by Crippen LogP contribution is -2.39. The molecule has 0 aromatic heterocycles. The van der Waals surface area contributed by atoms with Crippen molar-refractivity contribution >= 4 is 5.97 Å². The van der Waals surface area contributed by atoms with E-state index in [0.29, 0.717) is 6.61 Å². The number of ether oxygens (including phenoxy) is 1. The first-order chi connectivity index (χ1) is 8.13. The summed E-state index contributed by atoms with van der Waals surface area (Å²) in [4.78, 5) is 14.1. The number of rotatable bonds is 6.